The normalized spacial score (nSPS) is 12.1. The van der Waals surface area contributed by atoms with Crippen LogP contribution in [0.25, 0.3) is 0 Å². The number of alkyl halides is 3. The molecule has 0 radical (unpaired) electrons. The van der Waals surface area contributed by atoms with Crippen LogP contribution in [0.2, 0.25) is 5.02 Å². The summed E-state index contributed by atoms with van der Waals surface area (Å²) in [5, 5.41) is 5.93. The number of nitrogens with one attached hydrogen (secondary N) is 2. The van der Waals surface area contributed by atoms with Gasteiger partial charge in [-0.3, -0.25) is 9.59 Å². The molecule has 2 amide bonds. The fraction of sp³-hybridized carbons (Fsp3) is 0.200. The van der Waals surface area contributed by atoms with Crippen molar-refractivity contribution in [2.75, 3.05) is 6.54 Å². The van der Waals surface area contributed by atoms with Crippen molar-refractivity contribution in [1.82, 2.24) is 10.6 Å². The van der Waals surface area contributed by atoms with Crippen LogP contribution in [-0.4, -0.2) is 18.4 Å². The van der Waals surface area contributed by atoms with Crippen LogP contribution in [0.4, 0.5) is 13.2 Å². The summed E-state index contributed by atoms with van der Waals surface area (Å²) >= 11 is 6.11. The van der Waals surface area contributed by atoms with Crippen LogP contribution in [0, 0.1) is 0 Å². The Hall–Kier alpha value is -3.32. The van der Waals surface area contributed by atoms with Gasteiger partial charge in [0.25, 0.3) is 5.91 Å². The molecule has 172 valence electrons. The van der Waals surface area contributed by atoms with Gasteiger partial charge in [0.05, 0.1) is 28.6 Å². The van der Waals surface area contributed by atoms with Crippen molar-refractivity contribution in [3.8, 4) is 0 Å². The van der Waals surface area contributed by atoms with E-state index < -0.39 is 23.7 Å². The summed E-state index contributed by atoms with van der Waals surface area (Å²) in [6, 6.07) is 20.0. The minimum absolute atomic E-state index is 0.00673. The molecule has 1 atom stereocenters. The maximum absolute atomic E-state index is 12.7. The molecule has 0 saturated heterocycles. The zero-order valence-corrected chi connectivity index (χ0v) is 18.3. The molecule has 33 heavy (non-hydrogen) atoms. The summed E-state index contributed by atoms with van der Waals surface area (Å²) in [6.07, 6.45) is -4.01. The van der Waals surface area contributed by atoms with E-state index >= 15 is 0 Å². The lowest BCUT2D eigenvalue weighted by Crippen LogP contribution is -2.34. The second kappa shape index (κ2) is 11.0. The van der Waals surface area contributed by atoms with E-state index in [1.807, 2.05) is 30.3 Å². The van der Waals surface area contributed by atoms with Crippen LogP contribution in [0.1, 0.15) is 39.5 Å². The number of amides is 2. The first-order valence-electron chi connectivity index (χ1n) is 10.3. The largest absolute Gasteiger partial charge is 0.416 e. The van der Waals surface area contributed by atoms with Crippen molar-refractivity contribution in [2.45, 2.75) is 25.1 Å². The molecule has 0 aliphatic heterocycles. The van der Waals surface area contributed by atoms with Crippen molar-refractivity contribution in [3.63, 3.8) is 0 Å². The van der Waals surface area contributed by atoms with Crippen LogP contribution in [0.3, 0.4) is 0 Å². The Bertz CT molecular complexity index is 1090. The molecule has 8 heteroatoms. The van der Waals surface area contributed by atoms with E-state index in [0.717, 1.165) is 17.7 Å². The van der Waals surface area contributed by atoms with Gasteiger partial charge < -0.3 is 10.6 Å². The highest BCUT2D eigenvalue weighted by atomic mass is 35.5. The molecule has 4 nitrogen and oxygen atoms in total. The summed E-state index contributed by atoms with van der Waals surface area (Å²) in [7, 11) is 0. The third-order valence-electron chi connectivity index (χ3n) is 5.03. The van der Waals surface area contributed by atoms with Crippen molar-refractivity contribution in [2.24, 2.45) is 0 Å². The van der Waals surface area contributed by atoms with E-state index in [1.165, 1.54) is 12.1 Å². The quantitative estimate of drug-likeness (QED) is 0.448. The van der Waals surface area contributed by atoms with Crippen LogP contribution in [0.5, 0.6) is 0 Å². The van der Waals surface area contributed by atoms with E-state index in [1.54, 1.807) is 24.3 Å². The number of benzene rings is 3. The van der Waals surface area contributed by atoms with Gasteiger partial charge in [0, 0.05) is 6.54 Å². The second-order valence-electron chi connectivity index (χ2n) is 7.42. The van der Waals surface area contributed by atoms with Crippen LogP contribution in [-0.2, 0) is 17.4 Å². The third kappa shape index (κ3) is 7.08. The minimum Gasteiger partial charge on any atom is -0.356 e. The van der Waals surface area contributed by atoms with Gasteiger partial charge in [0.2, 0.25) is 5.91 Å². The van der Waals surface area contributed by atoms with Gasteiger partial charge >= 0.3 is 6.18 Å². The van der Waals surface area contributed by atoms with E-state index in [-0.39, 0.29) is 18.9 Å². The first-order chi connectivity index (χ1) is 15.7. The predicted octanol–water partition coefficient (Wildman–Crippen LogP) is 5.58. The van der Waals surface area contributed by atoms with E-state index in [0.29, 0.717) is 22.6 Å². The molecule has 0 aliphatic carbocycles. The average Bonchev–Trinajstić information content (AvgIpc) is 2.79. The lowest BCUT2D eigenvalue weighted by atomic mass is 10.0. The van der Waals surface area contributed by atoms with E-state index in [2.05, 4.69) is 10.6 Å². The van der Waals surface area contributed by atoms with Crippen molar-refractivity contribution < 1.29 is 22.8 Å². The monoisotopic (exact) mass is 474 g/mol. The van der Waals surface area contributed by atoms with Gasteiger partial charge in [0.1, 0.15) is 0 Å². The zero-order chi connectivity index (χ0) is 23.8. The molecule has 2 N–H and O–H groups in total. The maximum atomic E-state index is 12.7. The number of carbonyl (C=O) groups excluding carboxylic acids is 2. The summed E-state index contributed by atoms with van der Waals surface area (Å²) in [5.41, 5.74) is 1.03. The number of hydrogen-bond donors (Lipinski definition) is 2. The molecule has 0 saturated carbocycles. The third-order valence-corrected chi connectivity index (χ3v) is 5.36. The van der Waals surface area contributed by atoms with Crippen LogP contribution >= 0.6 is 11.6 Å². The summed E-state index contributed by atoms with van der Waals surface area (Å²) in [4.78, 5) is 25.3. The Balaban J connectivity index is 1.60. The van der Waals surface area contributed by atoms with Crippen LogP contribution in [0.15, 0.2) is 78.9 Å². The fourth-order valence-electron chi connectivity index (χ4n) is 3.28. The summed E-state index contributed by atoms with van der Waals surface area (Å²) in [5.74, 6) is -0.692. The standard InChI is InChI=1S/C25H22ClF3N2O2/c26-21-9-5-4-8-20(21)24(33)31-22(18-6-2-1-3-7-18)16-23(32)30-15-14-17-10-12-19(13-11-17)25(27,28)29/h1-13,22H,14-16H2,(H,30,32)(H,31,33). The molecule has 0 spiro atoms. The molecular weight excluding hydrogens is 453 g/mol. The first kappa shape index (κ1) is 24.3. The molecule has 1 unspecified atom stereocenters. The lowest BCUT2D eigenvalue weighted by Gasteiger charge is -2.19. The Labute approximate surface area is 194 Å². The Morgan fingerprint density at radius 3 is 2.15 bits per heavy atom. The average molecular weight is 475 g/mol. The predicted molar refractivity (Wildman–Crippen MR) is 121 cm³/mol. The van der Waals surface area contributed by atoms with E-state index in [9.17, 15) is 22.8 Å². The number of carbonyl (C=O) groups is 2. The maximum Gasteiger partial charge on any atom is 0.416 e. The highest BCUT2D eigenvalue weighted by Gasteiger charge is 2.29. The van der Waals surface area contributed by atoms with Gasteiger partial charge in [-0.25, -0.2) is 0 Å². The topological polar surface area (TPSA) is 58.2 Å². The molecule has 3 aromatic carbocycles. The Kier molecular flexibility index (Phi) is 8.11. The summed E-state index contributed by atoms with van der Waals surface area (Å²) < 4.78 is 38.0. The van der Waals surface area contributed by atoms with E-state index in [4.69, 9.17) is 11.6 Å². The molecular formula is C25H22ClF3N2O2. The molecule has 0 aromatic heterocycles. The molecule has 0 heterocycles. The van der Waals surface area contributed by atoms with Gasteiger partial charge in [-0.1, -0.05) is 66.2 Å². The first-order valence-corrected chi connectivity index (χ1v) is 10.6. The van der Waals surface area contributed by atoms with Gasteiger partial charge in [-0.05, 0) is 41.8 Å². The number of halogens is 4. The Morgan fingerprint density at radius 2 is 1.52 bits per heavy atom. The molecule has 0 aliphatic rings. The highest BCUT2D eigenvalue weighted by molar-refractivity contribution is 6.33. The van der Waals surface area contributed by atoms with Gasteiger partial charge in [-0.15, -0.1) is 0 Å². The number of hydrogen-bond acceptors (Lipinski definition) is 2. The highest BCUT2D eigenvalue weighted by Crippen LogP contribution is 2.29. The summed E-state index contributed by atoms with van der Waals surface area (Å²) in [6.45, 7) is 0.254. The van der Waals surface area contributed by atoms with Crippen molar-refractivity contribution in [3.05, 3.63) is 106 Å². The fourth-order valence-corrected chi connectivity index (χ4v) is 3.50. The smallest absolute Gasteiger partial charge is 0.356 e. The molecule has 3 aromatic rings. The van der Waals surface area contributed by atoms with Gasteiger partial charge in [-0.2, -0.15) is 13.2 Å². The van der Waals surface area contributed by atoms with Crippen LogP contribution < -0.4 is 10.6 Å². The number of rotatable bonds is 8. The lowest BCUT2D eigenvalue weighted by molar-refractivity contribution is -0.137. The zero-order valence-electron chi connectivity index (χ0n) is 17.5. The second-order valence-corrected chi connectivity index (χ2v) is 7.82. The minimum atomic E-state index is -4.38. The van der Waals surface area contributed by atoms with Gasteiger partial charge in [0.15, 0.2) is 0 Å². The molecule has 0 bridgehead atoms. The SMILES string of the molecule is O=C(CC(NC(=O)c1ccccc1Cl)c1ccccc1)NCCc1ccc(C(F)(F)F)cc1. The van der Waals surface area contributed by atoms with Crippen molar-refractivity contribution >= 4 is 23.4 Å². The Morgan fingerprint density at radius 1 is 0.879 bits per heavy atom. The molecule has 0 fully saturated rings. The van der Waals surface area contributed by atoms with Crippen molar-refractivity contribution in [1.29, 1.82) is 0 Å². The molecule has 3 rings (SSSR count).